The number of aromatic nitrogens is 3. The average Bonchev–Trinajstić information content (AvgIpc) is 2.76. The highest BCUT2D eigenvalue weighted by atomic mass is 79.9. The number of hydrogen-bond donors (Lipinski definition) is 0. The van der Waals surface area contributed by atoms with Gasteiger partial charge in [-0.15, -0.1) is 11.6 Å². The second-order valence-corrected chi connectivity index (χ2v) is 6.36. The summed E-state index contributed by atoms with van der Waals surface area (Å²) >= 11 is 9.65. The molecule has 0 radical (unpaired) electrons. The lowest BCUT2D eigenvalue weighted by Crippen LogP contribution is -2.05. The molecule has 0 N–H and O–H groups in total. The third kappa shape index (κ3) is 2.47. The van der Waals surface area contributed by atoms with Crippen molar-refractivity contribution in [3.8, 4) is 5.69 Å². The number of halogens is 2. The van der Waals surface area contributed by atoms with Gasteiger partial charge in [0.15, 0.2) is 5.65 Å². The maximum absolute atomic E-state index is 6.11. The van der Waals surface area contributed by atoms with Gasteiger partial charge in [0.1, 0.15) is 11.3 Å². The smallest absolute Gasteiger partial charge is 0.164 e. The summed E-state index contributed by atoms with van der Waals surface area (Å²) in [5, 5.41) is 0. The molecule has 0 saturated carbocycles. The number of fused-ring (bicyclic) bond motifs is 1. The number of hydrogen-bond acceptors (Lipinski definition) is 2. The zero-order valence-corrected chi connectivity index (χ0v) is 14.5. The molecule has 2 aromatic heterocycles. The predicted octanol–water partition coefficient (Wildman–Crippen LogP) is 4.85. The molecule has 21 heavy (non-hydrogen) atoms. The molecule has 0 aliphatic rings. The number of imidazole rings is 1. The number of pyridine rings is 1. The fourth-order valence-electron chi connectivity index (χ4n) is 2.68. The maximum Gasteiger partial charge on any atom is 0.164 e. The number of benzene rings is 1. The van der Waals surface area contributed by atoms with Gasteiger partial charge in [-0.2, -0.15) is 0 Å². The van der Waals surface area contributed by atoms with Gasteiger partial charge in [-0.1, -0.05) is 15.9 Å². The number of alkyl halides is 1. The minimum Gasteiger partial charge on any atom is -0.279 e. The van der Waals surface area contributed by atoms with Crippen molar-refractivity contribution in [3.05, 3.63) is 51.4 Å². The fraction of sp³-hybridized carbons (Fsp3) is 0.250. The summed E-state index contributed by atoms with van der Waals surface area (Å²) in [6.45, 7) is 6.16. The van der Waals surface area contributed by atoms with Crippen molar-refractivity contribution in [2.24, 2.45) is 0 Å². The maximum atomic E-state index is 6.11. The summed E-state index contributed by atoms with van der Waals surface area (Å²) in [5.41, 5.74) is 6.13. The molecule has 0 unspecified atom stereocenters. The zero-order chi connectivity index (χ0) is 15.1. The Kier molecular flexibility index (Phi) is 3.76. The monoisotopic (exact) mass is 363 g/mol. The lowest BCUT2D eigenvalue weighted by atomic mass is 10.1. The zero-order valence-electron chi connectivity index (χ0n) is 12.1. The number of nitrogens with zero attached hydrogens (tertiary/aromatic N) is 3. The standard InChI is InChI=1S/C16H15BrClN3/c1-9-6-12(17)7-10(2)15(9)21-14(8-18)20-13-5-4-11(3)19-16(13)21/h4-7H,8H2,1-3H3. The summed E-state index contributed by atoms with van der Waals surface area (Å²) in [6.07, 6.45) is 0. The van der Waals surface area contributed by atoms with Gasteiger partial charge in [-0.25, -0.2) is 9.97 Å². The van der Waals surface area contributed by atoms with E-state index in [9.17, 15) is 0 Å². The first-order chi connectivity index (χ1) is 10.0. The van der Waals surface area contributed by atoms with E-state index in [4.69, 9.17) is 11.6 Å². The molecule has 0 aliphatic carbocycles. The molecule has 2 heterocycles. The SMILES string of the molecule is Cc1ccc2nc(CCl)n(-c3c(C)cc(Br)cc3C)c2n1. The summed E-state index contributed by atoms with van der Waals surface area (Å²) in [6, 6.07) is 8.16. The molecule has 0 bridgehead atoms. The van der Waals surface area contributed by atoms with E-state index in [1.54, 1.807) is 0 Å². The Labute approximate surface area is 137 Å². The first kappa shape index (κ1) is 14.5. The molecular weight excluding hydrogens is 350 g/mol. The van der Waals surface area contributed by atoms with E-state index in [1.165, 1.54) is 0 Å². The molecule has 0 aliphatic heterocycles. The number of rotatable bonds is 2. The van der Waals surface area contributed by atoms with Crippen molar-refractivity contribution in [3.63, 3.8) is 0 Å². The molecule has 3 aromatic rings. The third-order valence-corrected chi connectivity index (χ3v) is 4.21. The third-order valence-electron chi connectivity index (χ3n) is 3.51. The van der Waals surface area contributed by atoms with E-state index in [-0.39, 0.29) is 0 Å². The first-order valence-corrected chi connectivity index (χ1v) is 8.02. The van der Waals surface area contributed by atoms with Crippen LogP contribution in [-0.2, 0) is 5.88 Å². The van der Waals surface area contributed by atoms with E-state index in [2.05, 4.69) is 56.4 Å². The van der Waals surface area contributed by atoms with Gasteiger partial charge in [0.2, 0.25) is 0 Å². The van der Waals surface area contributed by atoms with Crippen molar-refractivity contribution in [2.75, 3.05) is 0 Å². The fourth-order valence-corrected chi connectivity index (χ4v) is 3.55. The predicted molar refractivity (Wildman–Crippen MR) is 90.3 cm³/mol. The van der Waals surface area contributed by atoms with Crippen LogP contribution in [0.5, 0.6) is 0 Å². The van der Waals surface area contributed by atoms with Gasteiger partial charge in [0.05, 0.1) is 11.6 Å². The van der Waals surface area contributed by atoms with Gasteiger partial charge in [0.25, 0.3) is 0 Å². The Morgan fingerprint density at radius 2 is 1.76 bits per heavy atom. The Hall–Kier alpha value is -1.39. The molecule has 0 saturated heterocycles. The molecule has 3 rings (SSSR count). The Bertz CT molecular complexity index is 816. The van der Waals surface area contributed by atoms with E-state index < -0.39 is 0 Å². The van der Waals surface area contributed by atoms with E-state index in [0.29, 0.717) is 5.88 Å². The van der Waals surface area contributed by atoms with Crippen LogP contribution in [0.1, 0.15) is 22.6 Å². The van der Waals surface area contributed by atoms with Crippen LogP contribution in [0, 0.1) is 20.8 Å². The molecule has 108 valence electrons. The van der Waals surface area contributed by atoms with Crippen LogP contribution in [0.15, 0.2) is 28.7 Å². The molecule has 0 spiro atoms. The van der Waals surface area contributed by atoms with Crippen LogP contribution in [0.25, 0.3) is 16.9 Å². The highest BCUT2D eigenvalue weighted by molar-refractivity contribution is 9.10. The Balaban J connectivity index is 2.41. The van der Waals surface area contributed by atoms with Crippen molar-refractivity contribution in [1.29, 1.82) is 0 Å². The molecule has 0 fully saturated rings. The first-order valence-electron chi connectivity index (χ1n) is 6.69. The van der Waals surface area contributed by atoms with Crippen molar-refractivity contribution in [2.45, 2.75) is 26.7 Å². The van der Waals surface area contributed by atoms with Gasteiger partial charge in [0, 0.05) is 10.2 Å². The van der Waals surface area contributed by atoms with E-state index >= 15 is 0 Å². The summed E-state index contributed by atoms with van der Waals surface area (Å²) in [5.74, 6) is 1.17. The van der Waals surface area contributed by atoms with Crippen LogP contribution in [0.4, 0.5) is 0 Å². The van der Waals surface area contributed by atoms with E-state index in [1.807, 2.05) is 19.1 Å². The van der Waals surface area contributed by atoms with Gasteiger partial charge in [-0.3, -0.25) is 4.57 Å². The molecule has 3 nitrogen and oxygen atoms in total. The Morgan fingerprint density at radius 3 is 2.38 bits per heavy atom. The molecule has 5 heteroatoms. The van der Waals surface area contributed by atoms with Gasteiger partial charge < -0.3 is 0 Å². The molecule has 0 atom stereocenters. The summed E-state index contributed by atoms with van der Waals surface area (Å²) in [7, 11) is 0. The lowest BCUT2D eigenvalue weighted by molar-refractivity contribution is 0.947. The highest BCUT2D eigenvalue weighted by Crippen LogP contribution is 2.29. The van der Waals surface area contributed by atoms with Crippen LogP contribution in [-0.4, -0.2) is 14.5 Å². The average molecular weight is 365 g/mol. The molecule has 1 aromatic carbocycles. The van der Waals surface area contributed by atoms with Crippen molar-refractivity contribution in [1.82, 2.24) is 14.5 Å². The summed E-state index contributed by atoms with van der Waals surface area (Å²) < 4.78 is 3.15. The highest BCUT2D eigenvalue weighted by Gasteiger charge is 2.16. The van der Waals surface area contributed by atoms with Crippen molar-refractivity contribution >= 4 is 38.7 Å². The normalized spacial score (nSPS) is 11.3. The van der Waals surface area contributed by atoms with Crippen LogP contribution in [0.2, 0.25) is 0 Å². The van der Waals surface area contributed by atoms with Gasteiger partial charge >= 0.3 is 0 Å². The number of aryl methyl sites for hydroxylation is 3. The van der Waals surface area contributed by atoms with Crippen LogP contribution >= 0.6 is 27.5 Å². The van der Waals surface area contributed by atoms with Gasteiger partial charge in [-0.05, 0) is 56.2 Å². The molecular formula is C16H15BrClN3. The minimum atomic E-state index is 0.352. The molecule has 0 amide bonds. The quantitative estimate of drug-likeness (QED) is 0.609. The Morgan fingerprint density at radius 1 is 1.10 bits per heavy atom. The topological polar surface area (TPSA) is 30.7 Å². The second kappa shape index (κ2) is 5.43. The van der Waals surface area contributed by atoms with Crippen molar-refractivity contribution < 1.29 is 0 Å². The van der Waals surface area contributed by atoms with Crippen LogP contribution < -0.4 is 0 Å². The second-order valence-electron chi connectivity index (χ2n) is 5.18. The lowest BCUT2D eigenvalue weighted by Gasteiger charge is -2.14. The van der Waals surface area contributed by atoms with E-state index in [0.717, 1.165) is 44.0 Å². The largest absolute Gasteiger partial charge is 0.279 e. The minimum absolute atomic E-state index is 0.352. The van der Waals surface area contributed by atoms with Crippen LogP contribution in [0.3, 0.4) is 0 Å². The summed E-state index contributed by atoms with van der Waals surface area (Å²) in [4.78, 5) is 9.27.